The van der Waals surface area contributed by atoms with Crippen LogP contribution in [0, 0.1) is 0 Å². The van der Waals surface area contributed by atoms with E-state index < -0.39 is 17.4 Å². The van der Waals surface area contributed by atoms with Crippen LogP contribution in [0.4, 0.5) is 0 Å². The van der Waals surface area contributed by atoms with E-state index in [0.717, 1.165) is 0 Å². The van der Waals surface area contributed by atoms with Gasteiger partial charge < -0.3 is 15.6 Å². The lowest BCUT2D eigenvalue weighted by atomic mass is 10.3. The largest absolute Gasteiger partial charge is 0.460 e. The maximum absolute atomic E-state index is 10.6. The fourth-order valence-corrected chi connectivity index (χ4v) is 0.326. The minimum Gasteiger partial charge on any atom is -0.460 e. The van der Waals surface area contributed by atoms with E-state index in [1.165, 1.54) is 0 Å². The Morgan fingerprint density at radius 1 is 1.55 bits per heavy atom. The summed E-state index contributed by atoms with van der Waals surface area (Å²) < 4.78 is 4.32. The Kier molecular flexibility index (Phi) is 3.90. The first-order chi connectivity index (χ1) is 5.09. The normalized spacial score (nSPS) is 8.82. The highest BCUT2D eigenvalue weighted by Gasteiger charge is 2.12. The third-order valence-electron chi connectivity index (χ3n) is 0.868. The van der Waals surface area contributed by atoms with E-state index in [0.29, 0.717) is 0 Å². The van der Waals surface area contributed by atoms with Crippen molar-refractivity contribution in [3.05, 3.63) is 12.2 Å². The fourth-order valence-electron chi connectivity index (χ4n) is 0.326. The van der Waals surface area contributed by atoms with Crippen molar-refractivity contribution in [1.29, 1.82) is 0 Å². The minimum absolute atomic E-state index is 0.162. The molecule has 0 rings (SSSR count). The third-order valence-corrected chi connectivity index (χ3v) is 0.868. The van der Waals surface area contributed by atoms with Gasteiger partial charge in [0.2, 0.25) is 0 Å². The van der Waals surface area contributed by atoms with Gasteiger partial charge >= 0.3 is 5.97 Å². The molecule has 62 valence electrons. The van der Waals surface area contributed by atoms with Gasteiger partial charge in [0.1, 0.15) is 12.2 Å². The number of carbonyl (C=O) groups is 2. The van der Waals surface area contributed by atoms with Crippen molar-refractivity contribution in [2.24, 2.45) is 5.73 Å². The van der Waals surface area contributed by atoms with Crippen LogP contribution in [0.5, 0.6) is 0 Å². The second-order valence-electron chi connectivity index (χ2n) is 1.70. The molecule has 0 aromatic rings. The van der Waals surface area contributed by atoms with Crippen LogP contribution >= 0.6 is 0 Å². The van der Waals surface area contributed by atoms with Gasteiger partial charge in [0.25, 0.3) is 5.91 Å². The monoisotopic (exact) mass is 159 g/mol. The van der Waals surface area contributed by atoms with Gasteiger partial charge in [0.05, 0.1) is 6.61 Å². The lowest BCUT2D eigenvalue weighted by molar-refractivity contribution is -0.141. The van der Waals surface area contributed by atoms with Crippen LogP contribution in [0.3, 0.4) is 0 Å². The van der Waals surface area contributed by atoms with Crippen LogP contribution in [0.2, 0.25) is 0 Å². The van der Waals surface area contributed by atoms with Gasteiger partial charge in [-0.25, -0.2) is 4.79 Å². The molecule has 0 radical (unpaired) electrons. The highest BCUT2D eigenvalue weighted by atomic mass is 16.5. The van der Waals surface area contributed by atoms with Crippen LogP contribution in [0.15, 0.2) is 12.2 Å². The smallest absolute Gasteiger partial charge is 0.343 e. The number of rotatable bonds is 4. The van der Waals surface area contributed by atoms with E-state index in [9.17, 15) is 9.59 Å². The molecule has 3 N–H and O–H groups in total. The van der Waals surface area contributed by atoms with Crippen molar-refractivity contribution in [3.63, 3.8) is 0 Å². The van der Waals surface area contributed by atoms with E-state index in [4.69, 9.17) is 10.8 Å². The highest BCUT2D eigenvalue weighted by Crippen LogP contribution is 1.91. The summed E-state index contributed by atoms with van der Waals surface area (Å²) in [6, 6.07) is 0. The molecule has 0 aliphatic carbocycles. The molecule has 0 unspecified atom stereocenters. The van der Waals surface area contributed by atoms with Gasteiger partial charge in [-0.05, 0) is 0 Å². The van der Waals surface area contributed by atoms with E-state index in [1.54, 1.807) is 0 Å². The zero-order valence-corrected chi connectivity index (χ0v) is 5.87. The Morgan fingerprint density at radius 3 is 2.45 bits per heavy atom. The summed E-state index contributed by atoms with van der Waals surface area (Å²) in [5.41, 5.74) is 4.29. The second kappa shape index (κ2) is 4.45. The van der Waals surface area contributed by atoms with E-state index in [-0.39, 0.29) is 13.2 Å². The molecule has 0 heterocycles. The van der Waals surface area contributed by atoms with Crippen molar-refractivity contribution in [2.75, 3.05) is 13.2 Å². The first-order valence-corrected chi connectivity index (χ1v) is 2.86. The number of aliphatic hydroxyl groups is 1. The number of esters is 1. The minimum atomic E-state index is -0.923. The molecule has 0 aliphatic rings. The summed E-state index contributed by atoms with van der Waals surface area (Å²) in [4.78, 5) is 20.9. The summed E-state index contributed by atoms with van der Waals surface area (Å²) in [6.45, 7) is 2.62. The average molecular weight is 159 g/mol. The standard InChI is InChI=1S/C6H9NO4/c1-4(5(7)9)6(10)11-3-2-8/h8H,1-3H2,(H2,7,9). The Morgan fingerprint density at radius 2 is 2.09 bits per heavy atom. The Balaban J connectivity index is 3.84. The Bertz CT molecular complexity index is 187. The predicted molar refractivity (Wildman–Crippen MR) is 36.4 cm³/mol. The molecule has 0 fully saturated rings. The van der Waals surface area contributed by atoms with Crippen molar-refractivity contribution in [3.8, 4) is 0 Å². The van der Waals surface area contributed by atoms with Crippen LogP contribution in [0.25, 0.3) is 0 Å². The molecule has 0 bridgehead atoms. The summed E-state index contributed by atoms with van der Waals surface area (Å²) >= 11 is 0. The number of carbonyl (C=O) groups excluding carboxylic acids is 2. The SMILES string of the molecule is C=C(C(N)=O)C(=O)OCCO. The number of aliphatic hydroxyl groups excluding tert-OH is 1. The van der Waals surface area contributed by atoms with Crippen LogP contribution < -0.4 is 5.73 Å². The van der Waals surface area contributed by atoms with E-state index >= 15 is 0 Å². The van der Waals surface area contributed by atoms with Crippen molar-refractivity contribution in [2.45, 2.75) is 0 Å². The van der Waals surface area contributed by atoms with Gasteiger partial charge in [-0.1, -0.05) is 6.58 Å². The number of amides is 1. The first-order valence-electron chi connectivity index (χ1n) is 2.86. The van der Waals surface area contributed by atoms with Gasteiger partial charge in [-0.15, -0.1) is 0 Å². The molecule has 0 aromatic carbocycles. The third kappa shape index (κ3) is 3.36. The first kappa shape index (κ1) is 9.64. The molecule has 5 heteroatoms. The molecule has 0 aliphatic heterocycles. The molecule has 0 aromatic heterocycles. The number of nitrogens with two attached hydrogens (primary N) is 1. The maximum atomic E-state index is 10.6. The molecule has 5 nitrogen and oxygen atoms in total. The quantitative estimate of drug-likeness (QED) is 0.227. The fraction of sp³-hybridized carbons (Fsp3) is 0.333. The molecular weight excluding hydrogens is 150 g/mol. The molecule has 1 amide bonds. The van der Waals surface area contributed by atoms with Crippen LogP contribution in [-0.4, -0.2) is 30.2 Å². The number of hydrogen-bond acceptors (Lipinski definition) is 4. The molecule has 0 saturated heterocycles. The summed E-state index contributed by atoms with van der Waals surface area (Å²) in [5, 5.41) is 8.21. The Hall–Kier alpha value is -1.36. The number of ether oxygens (including phenoxy) is 1. The zero-order chi connectivity index (χ0) is 8.85. The van der Waals surface area contributed by atoms with Crippen molar-refractivity contribution in [1.82, 2.24) is 0 Å². The molecule has 0 spiro atoms. The summed E-state index contributed by atoms with van der Waals surface area (Å²) in [5.74, 6) is -1.82. The predicted octanol–water partition coefficient (Wildman–Crippen LogP) is -1.44. The summed E-state index contributed by atoms with van der Waals surface area (Å²) in [7, 11) is 0. The summed E-state index contributed by atoms with van der Waals surface area (Å²) in [6.07, 6.45) is 0. The lowest BCUT2D eigenvalue weighted by Gasteiger charge is -2.00. The van der Waals surface area contributed by atoms with Crippen LogP contribution in [-0.2, 0) is 14.3 Å². The Labute approximate surface area is 63.4 Å². The molecule has 0 saturated carbocycles. The second-order valence-corrected chi connectivity index (χ2v) is 1.70. The topological polar surface area (TPSA) is 89.6 Å². The van der Waals surface area contributed by atoms with Crippen molar-refractivity contribution >= 4 is 11.9 Å². The van der Waals surface area contributed by atoms with E-state index in [1.807, 2.05) is 0 Å². The van der Waals surface area contributed by atoms with Gasteiger partial charge in [-0.2, -0.15) is 0 Å². The van der Waals surface area contributed by atoms with Gasteiger partial charge in [-0.3, -0.25) is 4.79 Å². The molecular formula is C6H9NO4. The zero-order valence-electron chi connectivity index (χ0n) is 5.87. The molecule has 11 heavy (non-hydrogen) atoms. The average Bonchev–Trinajstić information content (AvgIpc) is 1.98. The van der Waals surface area contributed by atoms with Crippen LogP contribution in [0.1, 0.15) is 0 Å². The highest BCUT2D eigenvalue weighted by molar-refractivity contribution is 6.15. The van der Waals surface area contributed by atoms with E-state index in [2.05, 4.69) is 11.3 Å². The lowest BCUT2D eigenvalue weighted by Crippen LogP contribution is -2.22. The number of hydrogen-bond donors (Lipinski definition) is 2. The number of primary amides is 1. The van der Waals surface area contributed by atoms with Crippen molar-refractivity contribution < 1.29 is 19.4 Å². The van der Waals surface area contributed by atoms with Gasteiger partial charge in [0.15, 0.2) is 0 Å². The molecule has 0 atom stereocenters. The van der Waals surface area contributed by atoms with Gasteiger partial charge in [0, 0.05) is 0 Å². The maximum Gasteiger partial charge on any atom is 0.343 e.